The molecule has 116 valence electrons. The number of likely N-dealkylation sites (N-methyl/N-ethyl adjacent to an activating group) is 1. The van der Waals surface area contributed by atoms with Crippen LogP contribution < -0.4 is 4.90 Å². The van der Waals surface area contributed by atoms with Gasteiger partial charge in [-0.15, -0.1) is 0 Å². The Morgan fingerprint density at radius 3 is 2.95 bits per heavy atom. The highest BCUT2D eigenvalue weighted by Crippen LogP contribution is 2.63. The van der Waals surface area contributed by atoms with Gasteiger partial charge in [0, 0.05) is 42.2 Å². The Balaban J connectivity index is 1.77. The molecule has 4 atom stereocenters. The van der Waals surface area contributed by atoms with Gasteiger partial charge < -0.3 is 4.90 Å². The molecule has 1 aromatic carbocycles. The Kier molecular flexibility index (Phi) is 2.50. The molecule has 1 saturated heterocycles. The van der Waals surface area contributed by atoms with Crippen molar-refractivity contribution >= 4 is 5.69 Å². The van der Waals surface area contributed by atoms with Gasteiger partial charge in [-0.05, 0) is 43.9 Å². The summed E-state index contributed by atoms with van der Waals surface area (Å²) in [5.41, 5.74) is 3.91. The Labute approximate surface area is 133 Å². The molecule has 0 N–H and O–H groups in total. The molecule has 4 aliphatic rings. The minimum absolute atomic E-state index is 0.365. The summed E-state index contributed by atoms with van der Waals surface area (Å²) < 4.78 is 0. The summed E-state index contributed by atoms with van der Waals surface area (Å²) in [5, 5.41) is 0. The molecule has 4 unspecified atom stereocenters. The summed E-state index contributed by atoms with van der Waals surface area (Å²) in [6.07, 6.45) is 10.4. The molecule has 3 aliphatic heterocycles. The molecule has 2 heteroatoms. The third kappa shape index (κ3) is 1.28. The van der Waals surface area contributed by atoms with Crippen LogP contribution in [0.4, 0.5) is 5.69 Å². The molecule has 1 saturated carbocycles. The molecule has 1 aromatic rings. The molecule has 22 heavy (non-hydrogen) atoms. The van der Waals surface area contributed by atoms with Crippen molar-refractivity contribution in [1.29, 1.82) is 0 Å². The molecule has 1 spiro atoms. The highest BCUT2D eigenvalue weighted by Gasteiger charge is 2.66. The molecular weight excluding hydrogens is 268 g/mol. The predicted molar refractivity (Wildman–Crippen MR) is 91.4 cm³/mol. The molecule has 5 rings (SSSR count). The second-order valence-electron chi connectivity index (χ2n) is 7.86. The van der Waals surface area contributed by atoms with Gasteiger partial charge >= 0.3 is 0 Å². The van der Waals surface area contributed by atoms with E-state index in [4.69, 9.17) is 0 Å². The van der Waals surface area contributed by atoms with E-state index >= 15 is 0 Å². The Morgan fingerprint density at radius 2 is 2.09 bits per heavy atom. The molecule has 1 aliphatic carbocycles. The lowest BCUT2D eigenvalue weighted by Gasteiger charge is -2.56. The molecule has 0 radical (unpaired) electrons. The van der Waals surface area contributed by atoms with Crippen molar-refractivity contribution in [2.75, 3.05) is 25.0 Å². The highest BCUT2D eigenvalue weighted by atomic mass is 15.3. The molecule has 2 fully saturated rings. The lowest BCUT2D eigenvalue weighted by atomic mass is 9.53. The van der Waals surface area contributed by atoms with E-state index in [-0.39, 0.29) is 0 Å². The van der Waals surface area contributed by atoms with Crippen LogP contribution in [-0.4, -0.2) is 37.1 Å². The normalized spacial score (nSPS) is 42.2. The molecule has 0 amide bonds. The van der Waals surface area contributed by atoms with Gasteiger partial charge in [0.2, 0.25) is 0 Å². The van der Waals surface area contributed by atoms with Gasteiger partial charge in [0.05, 0.1) is 0 Å². The van der Waals surface area contributed by atoms with Gasteiger partial charge in [-0.25, -0.2) is 0 Å². The first kappa shape index (κ1) is 13.2. The van der Waals surface area contributed by atoms with Crippen LogP contribution in [-0.2, 0) is 5.41 Å². The van der Waals surface area contributed by atoms with E-state index in [1.807, 2.05) is 0 Å². The van der Waals surface area contributed by atoms with Gasteiger partial charge in [-0.2, -0.15) is 0 Å². The van der Waals surface area contributed by atoms with Crippen molar-refractivity contribution < 1.29 is 0 Å². The van der Waals surface area contributed by atoms with Crippen LogP contribution >= 0.6 is 0 Å². The quantitative estimate of drug-likeness (QED) is 0.731. The minimum atomic E-state index is 0.365. The summed E-state index contributed by atoms with van der Waals surface area (Å²) >= 11 is 0. The maximum absolute atomic E-state index is 2.80. The van der Waals surface area contributed by atoms with Gasteiger partial charge in [0.1, 0.15) is 0 Å². The number of benzene rings is 1. The van der Waals surface area contributed by atoms with Gasteiger partial charge in [0.15, 0.2) is 0 Å². The molecular formula is C20H26N2. The summed E-state index contributed by atoms with van der Waals surface area (Å²) in [6, 6.07) is 10.7. The number of para-hydroxylation sites is 1. The smallest absolute Gasteiger partial charge is 0.0406 e. The Bertz CT molecular complexity index is 651. The summed E-state index contributed by atoms with van der Waals surface area (Å²) in [7, 11) is 2.33. The number of hydrogen-bond donors (Lipinski definition) is 0. The summed E-state index contributed by atoms with van der Waals surface area (Å²) in [4.78, 5) is 5.41. The zero-order valence-corrected chi connectivity index (χ0v) is 13.8. The van der Waals surface area contributed by atoms with Gasteiger partial charge in [-0.3, -0.25) is 4.90 Å². The maximum atomic E-state index is 2.80. The summed E-state index contributed by atoms with van der Waals surface area (Å²) in [6.45, 7) is 4.84. The first-order valence-corrected chi connectivity index (χ1v) is 8.97. The van der Waals surface area contributed by atoms with E-state index < -0.39 is 0 Å². The molecule has 0 bridgehead atoms. The van der Waals surface area contributed by atoms with Crippen molar-refractivity contribution in [3.63, 3.8) is 0 Å². The van der Waals surface area contributed by atoms with E-state index in [1.165, 1.54) is 37.9 Å². The number of hydrogen-bond acceptors (Lipinski definition) is 2. The highest BCUT2D eigenvalue weighted by molar-refractivity contribution is 5.66. The fraction of sp³-hybridized carbons (Fsp3) is 0.600. The maximum Gasteiger partial charge on any atom is 0.0406 e. The lowest BCUT2D eigenvalue weighted by molar-refractivity contribution is 0.0322. The van der Waals surface area contributed by atoms with Crippen molar-refractivity contribution in [1.82, 2.24) is 4.90 Å². The summed E-state index contributed by atoms with van der Waals surface area (Å²) in [5.74, 6) is 0. The zero-order valence-electron chi connectivity index (χ0n) is 13.8. The third-order valence-electron chi connectivity index (χ3n) is 7.39. The van der Waals surface area contributed by atoms with E-state index in [1.54, 1.807) is 5.56 Å². The van der Waals surface area contributed by atoms with Gasteiger partial charge in [-0.1, -0.05) is 37.3 Å². The monoisotopic (exact) mass is 294 g/mol. The second-order valence-corrected chi connectivity index (χ2v) is 7.86. The van der Waals surface area contributed by atoms with Crippen molar-refractivity contribution in [2.24, 2.45) is 5.41 Å². The van der Waals surface area contributed by atoms with E-state index in [0.717, 1.165) is 6.54 Å². The van der Waals surface area contributed by atoms with Crippen LogP contribution in [0.1, 0.15) is 38.2 Å². The number of fused-ring (bicyclic) bond motifs is 1. The fourth-order valence-electron chi connectivity index (χ4n) is 6.57. The second kappa shape index (κ2) is 4.17. The van der Waals surface area contributed by atoms with Crippen LogP contribution in [0, 0.1) is 5.41 Å². The SMILES string of the molecule is CCC12C=CCN3CCC4(c5ccccc5N(C)C4CC1)C32. The van der Waals surface area contributed by atoms with Crippen LogP contribution in [0.5, 0.6) is 0 Å². The van der Waals surface area contributed by atoms with Crippen molar-refractivity contribution in [3.8, 4) is 0 Å². The first-order chi connectivity index (χ1) is 10.7. The van der Waals surface area contributed by atoms with E-state index in [2.05, 4.69) is 60.2 Å². The number of nitrogens with zero attached hydrogens (tertiary/aromatic N) is 2. The average molecular weight is 294 g/mol. The third-order valence-corrected chi connectivity index (χ3v) is 7.39. The van der Waals surface area contributed by atoms with Crippen LogP contribution in [0.15, 0.2) is 36.4 Å². The first-order valence-electron chi connectivity index (χ1n) is 8.97. The molecule has 3 heterocycles. The van der Waals surface area contributed by atoms with E-state index in [0.29, 0.717) is 22.9 Å². The Hall–Kier alpha value is -1.28. The largest absolute Gasteiger partial charge is 0.370 e. The zero-order chi connectivity index (χ0) is 14.9. The number of anilines is 1. The molecule has 0 aromatic heterocycles. The van der Waals surface area contributed by atoms with Crippen molar-refractivity contribution in [3.05, 3.63) is 42.0 Å². The topological polar surface area (TPSA) is 6.48 Å². The van der Waals surface area contributed by atoms with Crippen LogP contribution in [0.3, 0.4) is 0 Å². The van der Waals surface area contributed by atoms with Crippen LogP contribution in [0.25, 0.3) is 0 Å². The van der Waals surface area contributed by atoms with Crippen molar-refractivity contribution in [2.45, 2.75) is 50.1 Å². The average Bonchev–Trinajstić information content (AvgIpc) is 3.08. The Morgan fingerprint density at radius 1 is 1.23 bits per heavy atom. The number of rotatable bonds is 1. The molecule has 2 nitrogen and oxygen atoms in total. The van der Waals surface area contributed by atoms with Gasteiger partial charge in [0.25, 0.3) is 0 Å². The predicted octanol–water partition coefficient (Wildman–Crippen LogP) is 3.58. The standard InChI is InChI=1S/C20H26N2/c1-3-19-10-6-13-22-14-12-20(18(19)22)15-7-4-5-8-16(15)21(2)17(20)9-11-19/h4-8,10,17-18H,3,9,11-14H2,1-2H3. The fourth-order valence-corrected chi connectivity index (χ4v) is 6.57. The lowest BCUT2D eigenvalue weighted by Crippen LogP contribution is -2.63. The minimum Gasteiger partial charge on any atom is -0.370 e. The van der Waals surface area contributed by atoms with E-state index in [9.17, 15) is 0 Å². The van der Waals surface area contributed by atoms with Crippen LogP contribution in [0.2, 0.25) is 0 Å².